The van der Waals surface area contributed by atoms with Gasteiger partial charge < -0.3 is 9.47 Å². The van der Waals surface area contributed by atoms with Crippen LogP contribution < -0.4 is 4.74 Å². The van der Waals surface area contributed by atoms with Gasteiger partial charge >= 0.3 is 5.97 Å². The molecule has 1 aromatic heterocycles. The molecule has 34 heavy (non-hydrogen) atoms. The lowest BCUT2D eigenvalue weighted by Gasteiger charge is -2.28. The molecule has 2 aromatic carbocycles. The van der Waals surface area contributed by atoms with Crippen LogP contribution in [-0.2, 0) is 11.3 Å². The minimum absolute atomic E-state index is 0.287. The number of esters is 1. The number of ether oxygens (including phenoxy) is 2. The van der Waals surface area contributed by atoms with E-state index in [0.29, 0.717) is 29.9 Å². The maximum atomic E-state index is 12.6. The maximum absolute atomic E-state index is 12.6. The molecule has 7 nitrogen and oxygen atoms in total. The summed E-state index contributed by atoms with van der Waals surface area (Å²) in [6, 6.07) is 17.9. The molecular weight excluding hydrogens is 448 g/mol. The molecule has 0 bridgehead atoms. The Bertz CT molecular complexity index is 1140. The summed E-state index contributed by atoms with van der Waals surface area (Å²) < 4.78 is 12.3. The maximum Gasteiger partial charge on any atom is 0.361 e. The molecule has 1 saturated carbocycles. The predicted molar refractivity (Wildman–Crippen MR) is 130 cm³/mol. The molecule has 4 rings (SSSR count). The number of nitriles is 1. The Morgan fingerprint density at radius 3 is 2.44 bits per heavy atom. The summed E-state index contributed by atoms with van der Waals surface area (Å²) in [5, 5.41) is 18.6. The van der Waals surface area contributed by atoms with Gasteiger partial charge in [0.2, 0.25) is 5.69 Å². The van der Waals surface area contributed by atoms with Gasteiger partial charge in [-0.3, -0.25) is 0 Å². The van der Waals surface area contributed by atoms with E-state index in [1.807, 2.05) is 36.4 Å². The van der Waals surface area contributed by atoms with Crippen LogP contribution in [0.1, 0.15) is 65.7 Å². The monoisotopic (exact) mass is 476 g/mol. The summed E-state index contributed by atoms with van der Waals surface area (Å²) in [4.78, 5) is 12.6. The van der Waals surface area contributed by atoms with Crippen molar-refractivity contribution in [2.24, 2.45) is 0 Å². The minimum atomic E-state index is -0.433. The smallest absolute Gasteiger partial charge is 0.361 e. The van der Waals surface area contributed by atoms with E-state index in [-0.39, 0.29) is 5.69 Å². The van der Waals surface area contributed by atoms with Gasteiger partial charge in [0.05, 0.1) is 31.9 Å². The fourth-order valence-electron chi connectivity index (χ4n) is 4.26. The van der Waals surface area contributed by atoms with Crippen LogP contribution in [0.5, 0.6) is 5.75 Å². The van der Waals surface area contributed by atoms with Crippen molar-refractivity contribution >= 4 is 17.7 Å². The number of hydrogen-bond acceptors (Lipinski definition) is 7. The third-order valence-corrected chi connectivity index (χ3v) is 7.55. The van der Waals surface area contributed by atoms with Crippen LogP contribution in [0.3, 0.4) is 0 Å². The van der Waals surface area contributed by atoms with E-state index < -0.39 is 5.97 Å². The highest BCUT2D eigenvalue weighted by molar-refractivity contribution is 7.99. The van der Waals surface area contributed by atoms with E-state index in [0.717, 1.165) is 42.0 Å². The first-order chi connectivity index (χ1) is 16.6. The standard InChI is InChI=1S/C26H28N4O3S/c1-3-33-26(31)24-25(30(29-28-24)17-19-6-12-22(32-2)13-7-19)34-23-14-10-21(11-15-23)20-8-4-18(16-27)5-9-20/h4-9,12-13,21,23H,3,10-11,14-15,17H2,1-2H3. The Balaban J connectivity index is 1.47. The highest BCUT2D eigenvalue weighted by Crippen LogP contribution is 2.40. The number of methoxy groups -OCH3 is 1. The van der Waals surface area contributed by atoms with Crippen LogP contribution in [0.25, 0.3) is 0 Å². The molecule has 1 aliphatic carbocycles. The van der Waals surface area contributed by atoms with Crippen LogP contribution in [0.4, 0.5) is 0 Å². The second kappa shape index (κ2) is 11.2. The number of thioether (sulfide) groups is 1. The van der Waals surface area contributed by atoms with Gasteiger partial charge in [-0.1, -0.05) is 29.5 Å². The topological polar surface area (TPSA) is 90.0 Å². The first-order valence-electron chi connectivity index (χ1n) is 11.5. The zero-order valence-electron chi connectivity index (χ0n) is 19.4. The molecule has 176 valence electrons. The average Bonchev–Trinajstić information content (AvgIpc) is 3.27. The van der Waals surface area contributed by atoms with Gasteiger partial charge in [-0.05, 0) is 73.9 Å². The Labute approximate surface area is 204 Å². The van der Waals surface area contributed by atoms with Gasteiger partial charge in [0.1, 0.15) is 10.8 Å². The lowest BCUT2D eigenvalue weighted by molar-refractivity contribution is 0.0515. The third kappa shape index (κ3) is 5.60. The molecule has 1 fully saturated rings. The fraction of sp³-hybridized carbons (Fsp3) is 0.385. The number of carbonyl (C=O) groups excluding carboxylic acids is 1. The highest BCUT2D eigenvalue weighted by atomic mass is 32.2. The van der Waals surface area contributed by atoms with Gasteiger partial charge in [0, 0.05) is 5.25 Å². The van der Waals surface area contributed by atoms with Crippen LogP contribution >= 0.6 is 11.8 Å². The normalized spacial score (nSPS) is 17.7. The molecular formula is C26H28N4O3S. The second-order valence-electron chi connectivity index (χ2n) is 8.29. The van der Waals surface area contributed by atoms with Crippen molar-refractivity contribution in [2.75, 3.05) is 13.7 Å². The highest BCUT2D eigenvalue weighted by Gasteiger charge is 2.28. The van der Waals surface area contributed by atoms with Crippen molar-refractivity contribution in [3.63, 3.8) is 0 Å². The lowest BCUT2D eigenvalue weighted by Crippen LogP contribution is -2.17. The minimum Gasteiger partial charge on any atom is -0.497 e. The Hall–Kier alpha value is -3.31. The summed E-state index contributed by atoms with van der Waals surface area (Å²) in [5.41, 5.74) is 3.32. The summed E-state index contributed by atoms with van der Waals surface area (Å²) in [7, 11) is 1.64. The first-order valence-corrected chi connectivity index (χ1v) is 12.4. The third-order valence-electron chi connectivity index (χ3n) is 6.11. The van der Waals surface area contributed by atoms with Crippen LogP contribution in [0.15, 0.2) is 53.6 Å². The van der Waals surface area contributed by atoms with Crippen LogP contribution in [-0.4, -0.2) is 39.9 Å². The molecule has 0 amide bonds. The molecule has 0 atom stereocenters. The molecule has 3 aromatic rings. The van der Waals surface area contributed by atoms with Gasteiger partial charge in [-0.2, -0.15) is 5.26 Å². The van der Waals surface area contributed by atoms with Gasteiger partial charge in [-0.25, -0.2) is 9.48 Å². The van der Waals surface area contributed by atoms with E-state index in [4.69, 9.17) is 14.7 Å². The largest absolute Gasteiger partial charge is 0.497 e. The predicted octanol–water partition coefficient (Wildman–Crippen LogP) is 5.20. The van der Waals surface area contributed by atoms with E-state index in [1.54, 1.807) is 30.5 Å². The molecule has 0 N–H and O–H groups in total. The van der Waals surface area contributed by atoms with E-state index in [2.05, 4.69) is 28.5 Å². The van der Waals surface area contributed by atoms with E-state index >= 15 is 0 Å². The Morgan fingerprint density at radius 2 is 1.82 bits per heavy atom. The number of nitrogens with zero attached hydrogens (tertiary/aromatic N) is 4. The Morgan fingerprint density at radius 1 is 1.12 bits per heavy atom. The zero-order valence-corrected chi connectivity index (χ0v) is 20.3. The molecule has 0 saturated heterocycles. The number of hydrogen-bond donors (Lipinski definition) is 0. The number of benzene rings is 2. The van der Waals surface area contributed by atoms with Crippen LogP contribution in [0.2, 0.25) is 0 Å². The summed E-state index contributed by atoms with van der Waals surface area (Å²) >= 11 is 1.68. The van der Waals surface area contributed by atoms with E-state index in [1.165, 1.54) is 5.56 Å². The van der Waals surface area contributed by atoms with Crippen molar-refractivity contribution in [1.29, 1.82) is 5.26 Å². The van der Waals surface area contributed by atoms with Crippen LogP contribution in [0, 0.1) is 11.3 Å². The SMILES string of the molecule is CCOC(=O)c1nnn(Cc2ccc(OC)cc2)c1SC1CCC(c2ccc(C#N)cc2)CC1. The average molecular weight is 477 g/mol. The molecule has 8 heteroatoms. The summed E-state index contributed by atoms with van der Waals surface area (Å²) in [5.74, 6) is 0.858. The van der Waals surface area contributed by atoms with E-state index in [9.17, 15) is 4.79 Å². The molecule has 0 unspecified atom stereocenters. The van der Waals surface area contributed by atoms with Crippen molar-refractivity contribution < 1.29 is 14.3 Å². The van der Waals surface area contributed by atoms with Crippen molar-refractivity contribution in [2.45, 2.75) is 55.3 Å². The first kappa shape index (κ1) is 23.8. The molecule has 1 aliphatic rings. The van der Waals surface area contributed by atoms with Gasteiger partial charge in [-0.15, -0.1) is 16.9 Å². The molecule has 0 spiro atoms. The molecule has 0 radical (unpaired) electrons. The van der Waals surface area contributed by atoms with Gasteiger partial charge in [0.15, 0.2) is 0 Å². The zero-order chi connectivity index (χ0) is 23.9. The van der Waals surface area contributed by atoms with Crippen molar-refractivity contribution in [3.05, 3.63) is 70.9 Å². The van der Waals surface area contributed by atoms with Crippen molar-refractivity contribution in [3.8, 4) is 11.8 Å². The molecule has 1 heterocycles. The lowest BCUT2D eigenvalue weighted by atomic mass is 9.83. The Kier molecular flexibility index (Phi) is 7.86. The number of rotatable bonds is 8. The number of carbonyl (C=O) groups is 1. The fourth-order valence-corrected chi connectivity index (χ4v) is 5.54. The van der Waals surface area contributed by atoms with Gasteiger partial charge in [0.25, 0.3) is 0 Å². The van der Waals surface area contributed by atoms with Crippen molar-refractivity contribution in [1.82, 2.24) is 15.0 Å². The summed E-state index contributed by atoms with van der Waals surface area (Å²) in [6.07, 6.45) is 4.20. The number of aromatic nitrogens is 3. The molecule has 0 aliphatic heterocycles. The summed E-state index contributed by atoms with van der Waals surface area (Å²) in [6.45, 7) is 2.60. The quantitative estimate of drug-likeness (QED) is 0.413. The second-order valence-corrected chi connectivity index (χ2v) is 9.58.